The summed E-state index contributed by atoms with van der Waals surface area (Å²) in [4.78, 5) is 14.7. The van der Waals surface area contributed by atoms with Crippen LogP contribution in [0.1, 0.15) is 180 Å². The van der Waals surface area contributed by atoms with E-state index >= 15 is 0 Å². The molecule has 5 heteroatoms. The third-order valence-electron chi connectivity index (χ3n) is 10.9. The average molecular weight is 732 g/mol. The van der Waals surface area contributed by atoms with Crippen LogP contribution in [0.5, 0.6) is 0 Å². The summed E-state index contributed by atoms with van der Waals surface area (Å²) in [6.45, 7) is 6.71. The van der Waals surface area contributed by atoms with E-state index in [-0.39, 0.29) is 11.7 Å². The predicted octanol–water partition coefficient (Wildman–Crippen LogP) is 14.1. The van der Waals surface area contributed by atoms with Crippen LogP contribution in [0.25, 0.3) is 0 Å². The van der Waals surface area contributed by atoms with Gasteiger partial charge in [0.2, 0.25) is 0 Å². The van der Waals surface area contributed by atoms with Crippen LogP contribution in [-0.4, -0.2) is 42.1 Å². The van der Waals surface area contributed by atoms with Crippen molar-refractivity contribution >= 4 is 6.09 Å². The maximum atomic E-state index is 12.8. The number of hydrogen-bond acceptors (Lipinski definition) is 4. The van der Waals surface area contributed by atoms with Gasteiger partial charge < -0.3 is 19.1 Å². The molecule has 2 aliphatic rings. The molecule has 1 unspecified atom stereocenters. The molecule has 0 saturated carbocycles. The fraction of sp³-hybridized carbons (Fsp3) is 0.688. The van der Waals surface area contributed by atoms with E-state index in [0.29, 0.717) is 26.3 Å². The van der Waals surface area contributed by atoms with Crippen LogP contribution in [0.3, 0.4) is 0 Å². The summed E-state index contributed by atoms with van der Waals surface area (Å²) in [7, 11) is 0. The molecular formula is C48H77NO4. The van der Waals surface area contributed by atoms with Crippen molar-refractivity contribution in [2.24, 2.45) is 0 Å². The zero-order chi connectivity index (χ0) is 37.6. The first kappa shape index (κ1) is 44.8. The first-order valence-electron chi connectivity index (χ1n) is 22.0. The van der Waals surface area contributed by atoms with E-state index < -0.39 is 5.79 Å². The van der Waals surface area contributed by atoms with Gasteiger partial charge in [-0.25, -0.2) is 4.79 Å². The van der Waals surface area contributed by atoms with Crippen molar-refractivity contribution in [1.82, 2.24) is 4.90 Å². The van der Waals surface area contributed by atoms with Gasteiger partial charge in [-0.3, -0.25) is 0 Å². The number of rotatable bonds is 29. The number of nitrogens with zero attached hydrogens (tertiary/aromatic N) is 1. The lowest BCUT2D eigenvalue weighted by Crippen LogP contribution is -2.49. The molecule has 5 nitrogen and oxygen atoms in total. The first-order chi connectivity index (χ1) is 26.1. The number of ether oxygens (including phenoxy) is 3. The lowest BCUT2D eigenvalue weighted by Gasteiger charge is -2.39. The minimum atomic E-state index is -0.470. The van der Waals surface area contributed by atoms with Gasteiger partial charge in [0.05, 0.1) is 12.2 Å². The summed E-state index contributed by atoms with van der Waals surface area (Å²) in [5.74, 6) is -0.470. The summed E-state index contributed by atoms with van der Waals surface area (Å²) in [5.41, 5.74) is 0.730. The van der Waals surface area contributed by atoms with Crippen molar-refractivity contribution in [2.75, 3.05) is 19.7 Å². The standard InChI is InChI=1S/C48H77NO4/c1-3-5-7-9-11-13-15-17-18-19-21-23-25-27-29-34-38-48(37-33-28-26-24-22-20-16-14-12-10-8-6-4-2)52-44-47(53-48)39-41-49(42-40-47)46(50)51-43-45-35-31-30-32-36-45/h6,8,11-14,17-18,30-32,35-36H,3-5,7,9-10,15-16,19-29,33-34,37-44H2,1-2H3/b8-6-,13-11-,14-12-,18-17-. The van der Waals surface area contributed by atoms with Gasteiger partial charge in [-0.05, 0) is 89.0 Å². The van der Waals surface area contributed by atoms with Gasteiger partial charge in [-0.1, -0.05) is 157 Å². The largest absolute Gasteiger partial charge is 0.445 e. The number of piperidine rings is 1. The Bertz CT molecular complexity index is 1170. The van der Waals surface area contributed by atoms with E-state index in [2.05, 4.69) is 62.5 Å². The Balaban J connectivity index is 1.35. The molecule has 2 saturated heterocycles. The summed E-state index contributed by atoms with van der Waals surface area (Å²) in [5, 5.41) is 0. The molecule has 1 aromatic rings. The smallest absolute Gasteiger partial charge is 0.410 e. The number of hydrogen-bond donors (Lipinski definition) is 0. The zero-order valence-corrected chi connectivity index (χ0v) is 34.1. The van der Waals surface area contributed by atoms with Crippen molar-refractivity contribution in [1.29, 1.82) is 0 Å². The molecule has 1 amide bonds. The molecule has 2 fully saturated rings. The quantitative estimate of drug-likeness (QED) is 0.0608. The van der Waals surface area contributed by atoms with Gasteiger partial charge in [0.15, 0.2) is 5.79 Å². The third-order valence-corrected chi connectivity index (χ3v) is 10.9. The topological polar surface area (TPSA) is 48.0 Å². The molecule has 0 radical (unpaired) electrons. The Morgan fingerprint density at radius 1 is 0.660 bits per heavy atom. The van der Waals surface area contributed by atoms with Crippen LogP contribution >= 0.6 is 0 Å². The minimum Gasteiger partial charge on any atom is -0.445 e. The highest BCUT2D eigenvalue weighted by Gasteiger charge is 2.51. The number of allylic oxidation sites excluding steroid dienone is 8. The second-order valence-electron chi connectivity index (χ2n) is 15.6. The molecule has 0 aromatic heterocycles. The van der Waals surface area contributed by atoms with Crippen molar-refractivity contribution < 1.29 is 19.0 Å². The Labute approximate surface area is 325 Å². The first-order valence-corrected chi connectivity index (χ1v) is 22.0. The van der Waals surface area contributed by atoms with Crippen molar-refractivity contribution in [3.8, 4) is 0 Å². The Morgan fingerprint density at radius 2 is 1.17 bits per heavy atom. The zero-order valence-electron chi connectivity index (χ0n) is 34.1. The van der Waals surface area contributed by atoms with Crippen molar-refractivity contribution in [3.05, 3.63) is 84.5 Å². The van der Waals surface area contributed by atoms with Crippen LogP contribution in [0, 0.1) is 0 Å². The molecule has 0 aliphatic carbocycles. The number of likely N-dealkylation sites (tertiary alicyclic amines) is 1. The molecule has 1 atom stereocenters. The highest BCUT2D eigenvalue weighted by Crippen LogP contribution is 2.44. The van der Waals surface area contributed by atoms with Gasteiger partial charge in [0.1, 0.15) is 6.61 Å². The minimum absolute atomic E-state index is 0.227. The second-order valence-corrected chi connectivity index (χ2v) is 15.6. The number of carbonyl (C=O) groups is 1. The van der Waals surface area contributed by atoms with Gasteiger partial charge >= 0.3 is 6.09 Å². The highest BCUT2D eigenvalue weighted by atomic mass is 16.8. The molecule has 1 aromatic carbocycles. The summed E-state index contributed by atoms with van der Waals surface area (Å²) in [6.07, 6.45) is 47.9. The maximum absolute atomic E-state index is 12.8. The van der Waals surface area contributed by atoms with Crippen molar-refractivity contribution in [2.45, 2.75) is 192 Å². The van der Waals surface area contributed by atoms with Crippen LogP contribution < -0.4 is 0 Å². The SMILES string of the molecule is CC/C=C\C/C=C\CCCCCCCCC1(CCCCCCCC/C=C\C/C=C\CCCCC)OCC2(CCN(C(=O)OCc3ccccc3)CC2)O1. The van der Waals surface area contributed by atoms with Crippen LogP contribution in [0.15, 0.2) is 78.9 Å². The molecule has 3 rings (SSSR count). The molecule has 0 N–H and O–H groups in total. The fourth-order valence-corrected chi connectivity index (χ4v) is 7.54. The molecule has 2 aliphatic heterocycles. The van der Waals surface area contributed by atoms with Crippen molar-refractivity contribution in [3.63, 3.8) is 0 Å². The van der Waals surface area contributed by atoms with E-state index in [1.165, 1.54) is 103 Å². The van der Waals surface area contributed by atoms with Crippen LogP contribution in [-0.2, 0) is 20.8 Å². The van der Waals surface area contributed by atoms with E-state index in [4.69, 9.17) is 14.2 Å². The molecule has 1 spiro atoms. The molecule has 298 valence electrons. The summed E-state index contributed by atoms with van der Waals surface area (Å²) >= 11 is 0. The van der Waals surface area contributed by atoms with Gasteiger partial charge in [-0.2, -0.15) is 0 Å². The van der Waals surface area contributed by atoms with E-state index in [1.807, 2.05) is 35.2 Å². The average Bonchev–Trinajstić information content (AvgIpc) is 3.53. The number of carbonyl (C=O) groups excluding carboxylic acids is 1. The van der Waals surface area contributed by atoms with E-state index in [1.54, 1.807) is 0 Å². The summed E-state index contributed by atoms with van der Waals surface area (Å²) in [6, 6.07) is 9.91. The summed E-state index contributed by atoms with van der Waals surface area (Å²) < 4.78 is 19.4. The fourth-order valence-electron chi connectivity index (χ4n) is 7.54. The van der Waals surface area contributed by atoms with Gasteiger partial charge in [-0.15, -0.1) is 0 Å². The lowest BCUT2D eigenvalue weighted by atomic mass is 9.92. The highest BCUT2D eigenvalue weighted by molar-refractivity contribution is 5.67. The van der Waals surface area contributed by atoms with Gasteiger partial charge in [0.25, 0.3) is 0 Å². The molecule has 0 bridgehead atoms. The van der Waals surface area contributed by atoms with Crippen LogP contribution in [0.4, 0.5) is 4.79 Å². The lowest BCUT2D eigenvalue weighted by molar-refractivity contribution is -0.203. The maximum Gasteiger partial charge on any atom is 0.410 e. The predicted molar refractivity (Wildman–Crippen MR) is 224 cm³/mol. The Hall–Kier alpha value is -2.63. The van der Waals surface area contributed by atoms with E-state index in [0.717, 1.165) is 63.4 Å². The Morgan fingerprint density at radius 3 is 1.72 bits per heavy atom. The monoisotopic (exact) mass is 732 g/mol. The van der Waals surface area contributed by atoms with Gasteiger partial charge in [0, 0.05) is 25.9 Å². The van der Waals surface area contributed by atoms with Crippen LogP contribution in [0.2, 0.25) is 0 Å². The normalized spacial score (nSPS) is 18.9. The molecular weight excluding hydrogens is 655 g/mol. The number of amides is 1. The second kappa shape index (κ2) is 28.8. The van der Waals surface area contributed by atoms with E-state index in [9.17, 15) is 4.79 Å². The molecule has 2 heterocycles. The number of unbranched alkanes of at least 4 members (excludes halogenated alkanes) is 15. The third kappa shape index (κ3) is 20.0. The number of benzene rings is 1. The Kier molecular flexibility index (Phi) is 24.3. The molecule has 53 heavy (non-hydrogen) atoms.